The lowest BCUT2D eigenvalue weighted by Gasteiger charge is -2.11. The van der Waals surface area contributed by atoms with E-state index in [1.165, 1.54) is 0 Å². The Bertz CT molecular complexity index is 704. The average Bonchev–Trinajstić information content (AvgIpc) is 2.42. The van der Waals surface area contributed by atoms with Gasteiger partial charge >= 0.3 is 6.61 Å². The second-order valence-electron chi connectivity index (χ2n) is 4.00. The molecule has 118 valence electrons. The Labute approximate surface area is 123 Å². The zero-order chi connectivity index (χ0) is 16.6. The van der Waals surface area contributed by atoms with Crippen LogP contribution in [0.25, 0.3) is 11.1 Å². The van der Waals surface area contributed by atoms with Gasteiger partial charge in [-0.05, 0) is 23.8 Å². The van der Waals surface area contributed by atoms with Gasteiger partial charge in [0, 0.05) is 5.02 Å². The monoisotopic (exact) mass is 344 g/mol. The van der Waals surface area contributed by atoms with Crippen molar-refractivity contribution in [2.24, 2.45) is 0 Å². The van der Waals surface area contributed by atoms with Gasteiger partial charge in [0.15, 0.2) is 23.3 Å². The molecule has 0 atom stereocenters. The smallest absolute Gasteiger partial charge is 0.387 e. The van der Waals surface area contributed by atoms with Gasteiger partial charge in [-0.1, -0.05) is 11.6 Å². The summed E-state index contributed by atoms with van der Waals surface area (Å²) in [5.74, 6) is -11.5. The van der Waals surface area contributed by atoms with Gasteiger partial charge in [0.05, 0.1) is 5.56 Å². The van der Waals surface area contributed by atoms with Crippen LogP contribution in [0.2, 0.25) is 5.02 Å². The van der Waals surface area contributed by atoms with Crippen LogP contribution in [0.15, 0.2) is 18.2 Å². The number of rotatable bonds is 3. The van der Waals surface area contributed by atoms with Crippen LogP contribution in [0.1, 0.15) is 0 Å². The molecule has 9 heteroatoms. The Morgan fingerprint density at radius 2 is 1.27 bits per heavy atom. The number of halogens is 8. The van der Waals surface area contributed by atoms with Crippen LogP contribution in [-0.4, -0.2) is 6.61 Å². The molecule has 2 aromatic carbocycles. The van der Waals surface area contributed by atoms with Crippen LogP contribution >= 0.6 is 11.6 Å². The molecular weight excluding hydrogens is 341 g/mol. The van der Waals surface area contributed by atoms with E-state index in [0.717, 1.165) is 12.1 Å². The Morgan fingerprint density at radius 3 is 1.77 bits per heavy atom. The highest BCUT2D eigenvalue weighted by Gasteiger charge is 2.27. The lowest BCUT2D eigenvalue weighted by molar-refractivity contribution is -0.0498. The first-order chi connectivity index (χ1) is 10.2. The van der Waals surface area contributed by atoms with E-state index < -0.39 is 52.6 Å². The zero-order valence-electron chi connectivity index (χ0n) is 10.2. The fourth-order valence-corrected chi connectivity index (χ4v) is 1.96. The molecule has 0 amide bonds. The summed E-state index contributed by atoms with van der Waals surface area (Å²) < 4.78 is 94.9. The van der Waals surface area contributed by atoms with Crippen LogP contribution < -0.4 is 4.74 Å². The van der Waals surface area contributed by atoms with Gasteiger partial charge in [0.25, 0.3) is 0 Å². The first kappa shape index (κ1) is 16.4. The van der Waals surface area contributed by atoms with E-state index in [1.807, 2.05) is 0 Å². The van der Waals surface area contributed by atoms with Crippen molar-refractivity contribution in [3.05, 3.63) is 52.3 Å². The summed E-state index contributed by atoms with van der Waals surface area (Å²) in [7, 11) is 0. The normalized spacial score (nSPS) is 11.1. The molecule has 0 N–H and O–H groups in total. The van der Waals surface area contributed by atoms with E-state index in [4.69, 9.17) is 11.6 Å². The molecule has 0 spiro atoms. The highest BCUT2D eigenvalue weighted by Crippen LogP contribution is 2.35. The van der Waals surface area contributed by atoms with E-state index in [9.17, 15) is 30.7 Å². The first-order valence-corrected chi connectivity index (χ1v) is 5.87. The van der Waals surface area contributed by atoms with Crippen molar-refractivity contribution in [1.29, 1.82) is 0 Å². The van der Waals surface area contributed by atoms with E-state index >= 15 is 0 Å². The molecule has 0 saturated heterocycles. The molecule has 22 heavy (non-hydrogen) atoms. The number of ether oxygens (including phenoxy) is 1. The molecule has 1 nitrogen and oxygen atoms in total. The predicted molar refractivity (Wildman–Crippen MR) is 63.3 cm³/mol. The molecule has 0 aliphatic heterocycles. The van der Waals surface area contributed by atoms with Crippen LogP contribution in [0.4, 0.5) is 30.7 Å². The number of hydrogen-bond donors (Lipinski definition) is 0. The van der Waals surface area contributed by atoms with Gasteiger partial charge in [-0.2, -0.15) is 8.78 Å². The third-order valence-electron chi connectivity index (χ3n) is 2.59. The molecule has 2 aromatic rings. The van der Waals surface area contributed by atoms with Crippen LogP contribution in [-0.2, 0) is 0 Å². The average molecular weight is 345 g/mol. The largest absolute Gasteiger partial charge is 0.435 e. The molecule has 0 unspecified atom stereocenters. The summed E-state index contributed by atoms with van der Waals surface area (Å²) >= 11 is 5.57. The quantitative estimate of drug-likeness (QED) is 0.417. The molecule has 0 radical (unpaired) electrons. The van der Waals surface area contributed by atoms with E-state index in [0.29, 0.717) is 6.07 Å². The summed E-state index contributed by atoms with van der Waals surface area (Å²) in [6.07, 6.45) is 0. The van der Waals surface area contributed by atoms with E-state index in [2.05, 4.69) is 4.74 Å². The standard InChI is InChI=1S/C13H4ClF7O/c14-5-1-4(2-6(3-5)22-13(20)21)7-8(15)10(17)12(19)11(18)9(7)16/h1-3,13H. The van der Waals surface area contributed by atoms with E-state index in [1.54, 1.807) is 0 Å². The Balaban J connectivity index is 2.69. The molecule has 0 aliphatic carbocycles. The van der Waals surface area contributed by atoms with Crippen molar-refractivity contribution in [2.75, 3.05) is 0 Å². The minimum Gasteiger partial charge on any atom is -0.435 e. The molecule has 0 bridgehead atoms. The maximum atomic E-state index is 13.7. The summed E-state index contributed by atoms with van der Waals surface area (Å²) in [5.41, 5.74) is -1.89. The number of hydrogen-bond acceptors (Lipinski definition) is 1. The van der Waals surface area contributed by atoms with Crippen LogP contribution in [0.5, 0.6) is 5.75 Å². The van der Waals surface area contributed by atoms with Gasteiger partial charge in [0.1, 0.15) is 5.75 Å². The van der Waals surface area contributed by atoms with Gasteiger partial charge in [-0.25, -0.2) is 22.0 Å². The fourth-order valence-electron chi connectivity index (χ4n) is 1.74. The summed E-state index contributed by atoms with van der Waals surface area (Å²) in [6.45, 7) is -3.26. The maximum absolute atomic E-state index is 13.7. The van der Waals surface area contributed by atoms with Crippen molar-refractivity contribution in [2.45, 2.75) is 6.61 Å². The molecule has 0 fully saturated rings. The Kier molecular flexibility index (Phi) is 4.50. The predicted octanol–water partition coefficient (Wildman–Crippen LogP) is 5.30. The summed E-state index contributed by atoms with van der Waals surface area (Å²) in [4.78, 5) is 0. The summed E-state index contributed by atoms with van der Waals surface area (Å²) in [6, 6.07) is 2.41. The van der Waals surface area contributed by atoms with Crippen LogP contribution in [0, 0.1) is 29.1 Å². The molecule has 0 aliphatic rings. The minimum absolute atomic E-state index is 0.294. The number of benzene rings is 2. The number of alkyl halides is 2. The summed E-state index contributed by atoms with van der Waals surface area (Å²) in [5, 5.41) is -0.294. The lowest BCUT2D eigenvalue weighted by Crippen LogP contribution is -2.05. The zero-order valence-corrected chi connectivity index (χ0v) is 11.0. The topological polar surface area (TPSA) is 9.23 Å². The van der Waals surface area contributed by atoms with Crippen molar-refractivity contribution < 1.29 is 35.5 Å². The minimum atomic E-state index is -3.26. The molecule has 2 rings (SSSR count). The van der Waals surface area contributed by atoms with Crippen molar-refractivity contribution >= 4 is 11.6 Å². The highest BCUT2D eigenvalue weighted by molar-refractivity contribution is 6.31. The Hall–Kier alpha value is -1.96. The first-order valence-electron chi connectivity index (χ1n) is 5.49. The maximum Gasteiger partial charge on any atom is 0.387 e. The van der Waals surface area contributed by atoms with Gasteiger partial charge in [-0.3, -0.25) is 0 Å². The highest BCUT2D eigenvalue weighted by atomic mass is 35.5. The fraction of sp³-hybridized carbons (Fsp3) is 0.0769. The SMILES string of the molecule is Fc1c(F)c(F)c(-c2cc(Cl)cc(OC(F)F)c2)c(F)c1F. The third-order valence-corrected chi connectivity index (χ3v) is 2.81. The van der Waals surface area contributed by atoms with Gasteiger partial charge < -0.3 is 4.74 Å². The second-order valence-corrected chi connectivity index (χ2v) is 4.44. The van der Waals surface area contributed by atoms with Crippen molar-refractivity contribution in [3.63, 3.8) is 0 Å². The molecular formula is C13H4ClF7O. The van der Waals surface area contributed by atoms with Gasteiger partial charge in [-0.15, -0.1) is 0 Å². The van der Waals surface area contributed by atoms with E-state index in [-0.39, 0.29) is 5.02 Å². The molecule has 0 heterocycles. The second kappa shape index (κ2) is 6.04. The van der Waals surface area contributed by atoms with Crippen molar-refractivity contribution in [1.82, 2.24) is 0 Å². The lowest BCUT2D eigenvalue weighted by atomic mass is 10.0. The Morgan fingerprint density at radius 1 is 0.773 bits per heavy atom. The van der Waals surface area contributed by atoms with Gasteiger partial charge in [0.2, 0.25) is 5.82 Å². The van der Waals surface area contributed by atoms with Crippen molar-refractivity contribution in [3.8, 4) is 16.9 Å². The molecule has 0 aromatic heterocycles. The third kappa shape index (κ3) is 2.96. The van der Waals surface area contributed by atoms with Crippen LogP contribution in [0.3, 0.4) is 0 Å². The molecule has 0 saturated carbocycles.